The molecule has 1 aromatic carbocycles. The summed E-state index contributed by atoms with van der Waals surface area (Å²) in [5.74, 6) is 2.95. The van der Waals surface area contributed by atoms with Gasteiger partial charge in [0, 0.05) is 19.0 Å². The van der Waals surface area contributed by atoms with Crippen LogP contribution in [0.1, 0.15) is 39.4 Å². The molecule has 3 heteroatoms. The van der Waals surface area contributed by atoms with Crippen molar-refractivity contribution in [3.8, 4) is 0 Å². The van der Waals surface area contributed by atoms with E-state index in [1.165, 1.54) is 24.2 Å². The number of fused-ring (bicyclic) bond motifs is 1. The molecular formula is C18H27N3. The summed E-state index contributed by atoms with van der Waals surface area (Å²) >= 11 is 0. The van der Waals surface area contributed by atoms with E-state index in [0.717, 1.165) is 36.9 Å². The molecule has 1 heterocycles. The Bertz CT molecular complexity index is 602. The highest BCUT2D eigenvalue weighted by Crippen LogP contribution is 2.41. The third-order valence-electron chi connectivity index (χ3n) is 4.80. The number of nitrogens with zero attached hydrogens (tertiary/aromatic N) is 2. The van der Waals surface area contributed by atoms with Gasteiger partial charge in [-0.25, -0.2) is 4.98 Å². The molecule has 0 aliphatic heterocycles. The highest BCUT2D eigenvalue weighted by Gasteiger charge is 2.39. The number of hydrogen-bond acceptors (Lipinski definition) is 2. The molecule has 21 heavy (non-hydrogen) atoms. The van der Waals surface area contributed by atoms with Gasteiger partial charge in [-0.05, 0) is 50.3 Å². The van der Waals surface area contributed by atoms with Crippen molar-refractivity contribution in [1.29, 1.82) is 0 Å². The van der Waals surface area contributed by atoms with Crippen LogP contribution in [0.4, 0.5) is 0 Å². The Labute approximate surface area is 127 Å². The molecule has 3 atom stereocenters. The maximum atomic E-state index is 4.89. The highest BCUT2D eigenvalue weighted by atomic mass is 15.1. The average Bonchev–Trinajstić information content (AvgIpc) is 3.11. The molecular weight excluding hydrogens is 258 g/mol. The van der Waals surface area contributed by atoms with E-state index in [4.69, 9.17) is 4.98 Å². The molecule has 0 saturated heterocycles. The number of nitrogens with one attached hydrogen (secondary N) is 1. The Hall–Kier alpha value is -1.35. The number of imidazole rings is 1. The van der Waals surface area contributed by atoms with Gasteiger partial charge in [0.05, 0.1) is 11.0 Å². The summed E-state index contributed by atoms with van der Waals surface area (Å²) in [5.41, 5.74) is 2.40. The van der Waals surface area contributed by atoms with Crippen LogP contribution < -0.4 is 5.32 Å². The third kappa shape index (κ3) is 2.98. The molecule has 1 fully saturated rings. The third-order valence-corrected chi connectivity index (χ3v) is 4.80. The fourth-order valence-corrected chi connectivity index (χ4v) is 3.45. The molecule has 0 bridgehead atoms. The van der Waals surface area contributed by atoms with Crippen LogP contribution in [0, 0.1) is 11.8 Å². The summed E-state index contributed by atoms with van der Waals surface area (Å²) in [5, 5.41) is 3.75. The zero-order chi connectivity index (χ0) is 14.8. The maximum absolute atomic E-state index is 4.89. The second-order valence-electron chi connectivity index (χ2n) is 6.40. The largest absolute Gasteiger partial charge is 0.328 e. The minimum Gasteiger partial charge on any atom is -0.328 e. The predicted octanol–water partition coefficient (Wildman–Crippen LogP) is 3.62. The predicted molar refractivity (Wildman–Crippen MR) is 88.5 cm³/mol. The van der Waals surface area contributed by atoms with E-state index in [0.29, 0.717) is 6.04 Å². The fourth-order valence-electron chi connectivity index (χ4n) is 3.45. The lowest BCUT2D eigenvalue weighted by Crippen LogP contribution is -2.35. The van der Waals surface area contributed by atoms with E-state index < -0.39 is 0 Å². The van der Waals surface area contributed by atoms with E-state index in [1.54, 1.807) is 0 Å². The van der Waals surface area contributed by atoms with E-state index in [9.17, 15) is 0 Å². The van der Waals surface area contributed by atoms with Crippen LogP contribution in [0.25, 0.3) is 11.0 Å². The zero-order valence-corrected chi connectivity index (χ0v) is 13.5. The highest BCUT2D eigenvalue weighted by molar-refractivity contribution is 5.75. The van der Waals surface area contributed by atoms with Crippen molar-refractivity contribution in [2.75, 3.05) is 6.54 Å². The van der Waals surface area contributed by atoms with Crippen LogP contribution in [0.15, 0.2) is 24.3 Å². The van der Waals surface area contributed by atoms with E-state index in [2.05, 4.69) is 54.9 Å². The standard InChI is InChI=1S/C18H27N3/c1-4-10-19-16(14-11-13(14)3)12-18-20-15-8-6-7-9-17(15)21(18)5-2/h6-9,13-14,16,19H,4-5,10-12H2,1-3H3. The zero-order valence-electron chi connectivity index (χ0n) is 13.5. The maximum Gasteiger partial charge on any atom is 0.111 e. The van der Waals surface area contributed by atoms with Crippen LogP contribution >= 0.6 is 0 Å². The first kappa shape index (κ1) is 14.6. The van der Waals surface area contributed by atoms with Crippen molar-refractivity contribution in [3.05, 3.63) is 30.1 Å². The number of hydrogen-bond donors (Lipinski definition) is 1. The van der Waals surface area contributed by atoms with Crippen molar-refractivity contribution < 1.29 is 0 Å². The minimum atomic E-state index is 0.585. The first-order valence-corrected chi connectivity index (χ1v) is 8.42. The molecule has 0 spiro atoms. The monoisotopic (exact) mass is 285 g/mol. The molecule has 2 aromatic rings. The Balaban J connectivity index is 1.84. The lowest BCUT2D eigenvalue weighted by Gasteiger charge is -2.19. The summed E-state index contributed by atoms with van der Waals surface area (Å²) in [6.07, 6.45) is 3.62. The van der Waals surface area contributed by atoms with Crippen molar-refractivity contribution >= 4 is 11.0 Å². The van der Waals surface area contributed by atoms with Crippen LogP contribution in [0.2, 0.25) is 0 Å². The van der Waals surface area contributed by atoms with Crippen molar-refractivity contribution in [1.82, 2.24) is 14.9 Å². The topological polar surface area (TPSA) is 29.9 Å². The SMILES string of the molecule is CCCNC(Cc1nc2ccccc2n1CC)C1CC1C. The van der Waals surface area contributed by atoms with E-state index >= 15 is 0 Å². The first-order chi connectivity index (χ1) is 10.2. The molecule has 3 nitrogen and oxygen atoms in total. The summed E-state index contributed by atoms with van der Waals surface area (Å²) in [4.78, 5) is 4.89. The summed E-state index contributed by atoms with van der Waals surface area (Å²) < 4.78 is 2.38. The fraction of sp³-hybridized carbons (Fsp3) is 0.611. The Morgan fingerprint density at radius 2 is 2.10 bits per heavy atom. The second-order valence-corrected chi connectivity index (χ2v) is 6.40. The average molecular weight is 285 g/mol. The van der Waals surface area contributed by atoms with E-state index in [1.807, 2.05) is 0 Å². The lowest BCUT2D eigenvalue weighted by molar-refractivity contribution is 0.431. The minimum absolute atomic E-state index is 0.585. The summed E-state index contributed by atoms with van der Waals surface area (Å²) in [6, 6.07) is 9.08. The van der Waals surface area contributed by atoms with Gasteiger partial charge in [0.2, 0.25) is 0 Å². The van der Waals surface area contributed by atoms with Crippen LogP contribution in [0.5, 0.6) is 0 Å². The molecule has 1 aromatic heterocycles. The second kappa shape index (κ2) is 6.18. The van der Waals surface area contributed by atoms with Crippen LogP contribution in [0.3, 0.4) is 0 Å². The summed E-state index contributed by atoms with van der Waals surface area (Å²) in [6.45, 7) is 8.93. The Morgan fingerprint density at radius 1 is 1.33 bits per heavy atom. The number of rotatable bonds is 7. The quantitative estimate of drug-likeness (QED) is 0.842. The lowest BCUT2D eigenvalue weighted by atomic mass is 10.1. The van der Waals surface area contributed by atoms with Gasteiger partial charge in [-0.2, -0.15) is 0 Å². The molecule has 3 rings (SSSR count). The van der Waals surface area contributed by atoms with Gasteiger partial charge in [0.15, 0.2) is 0 Å². The molecule has 1 aliphatic rings. The van der Waals surface area contributed by atoms with Gasteiger partial charge >= 0.3 is 0 Å². The van der Waals surface area contributed by atoms with Gasteiger partial charge in [-0.1, -0.05) is 26.0 Å². The van der Waals surface area contributed by atoms with Crippen LogP contribution in [-0.4, -0.2) is 22.1 Å². The number of para-hydroxylation sites is 2. The summed E-state index contributed by atoms with van der Waals surface area (Å²) in [7, 11) is 0. The van der Waals surface area contributed by atoms with Gasteiger partial charge in [0.25, 0.3) is 0 Å². The van der Waals surface area contributed by atoms with Crippen LogP contribution in [-0.2, 0) is 13.0 Å². The molecule has 1 saturated carbocycles. The van der Waals surface area contributed by atoms with E-state index in [-0.39, 0.29) is 0 Å². The van der Waals surface area contributed by atoms with Crippen molar-refractivity contribution in [2.45, 2.75) is 52.6 Å². The van der Waals surface area contributed by atoms with Gasteiger partial charge in [-0.3, -0.25) is 0 Å². The molecule has 1 N–H and O–H groups in total. The number of aryl methyl sites for hydroxylation is 1. The number of benzene rings is 1. The van der Waals surface area contributed by atoms with Gasteiger partial charge < -0.3 is 9.88 Å². The smallest absolute Gasteiger partial charge is 0.111 e. The molecule has 0 radical (unpaired) electrons. The molecule has 114 valence electrons. The Kier molecular flexibility index (Phi) is 4.29. The number of aromatic nitrogens is 2. The van der Waals surface area contributed by atoms with Gasteiger partial charge in [0.1, 0.15) is 5.82 Å². The van der Waals surface area contributed by atoms with Crippen molar-refractivity contribution in [3.63, 3.8) is 0 Å². The molecule has 0 amide bonds. The van der Waals surface area contributed by atoms with Crippen molar-refractivity contribution in [2.24, 2.45) is 11.8 Å². The molecule has 1 aliphatic carbocycles. The normalized spacial score (nSPS) is 22.6. The first-order valence-electron chi connectivity index (χ1n) is 8.42. The Morgan fingerprint density at radius 3 is 2.76 bits per heavy atom. The van der Waals surface area contributed by atoms with Gasteiger partial charge in [-0.15, -0.1) is 0 Å². The molecule has 3 unspecified atom stereocenters.